The number of carbonyl (C=O) groups is 1. The van der Waals surface area contributed by atoms with Gasteiger partial charge in [0.1, 0.15) is 5.56 Å². The van der Waals surface area contributed by atoms with Crippen LogP contribution < -0.4 is 11.3 Å². The molecule has 0 aromatic carbocycles. The molecule has 1 saturated heterocycles. The van der Waals surface area contributed by atoms with Crippen LogP contribution in [0, 0.1) is 6.92 Å². The molecule has 2 heterocycles. The Bertz CT molecular complexity index is 509. The standard InChI is InChI=1S/C13H19N3O2/c1-8-3-4-11(12(17)15-8)13(18)16-6-5-10(14)7-9(16)2/h3-4,9-10H,5-7,14H2,1-2H3,(H,15,17). The molecule has 1 fully saturated rings. The number of amides is 1. The highest BCUT2D eigenvalue weighted by Gasteiger charge is 2.28. The second kappa shape index (κ2) is 4.94. The molecule has 0 spiro atoms. The van der Waals surface area contributed by atoms with Crippen LogP contribution in [0.4, 0.5) is 0 Å². The van der Waals surface area contributed by atoms with Crippen molar-refractivity contribution in [3.8, 4) is 0 Å². The van der Waals surface area contributed by atoms with E-state index in [1.807, 2.05) is 6.92 Å². The molecule has 5 nitrogen and oxygen atoms in total. The van der Waals surface area contributed by atoms with Gasteiger partial charge < -0.3 is 15.6 Å². The van der Waals surface area contributed by atoms with Crippen molar-refractivity contribution in [1.82, 2.24) is 9.88 Å². The van der Waals surface area contributed by atoms with Gasteiger partial charge in [-0.25, -0.2) is 0 Å². The summed E-state index contributed by atoms with van der Waals surface area (Å²) >= 11 is 0. The van der Waals surface area contributed by atoms with Gasteiger partial charge in [-0.1, -0.05) is 0 Å². The minimum atomic E-state index is -0.318. The Morgan fingerprint density at radius 1 is 1.50 bits per heavy atom. The summed E-state index contributed by atoms with van der Waals surface area (Å²) in [5.41, 5.74) is 6.52. The molecule has 0 aliphatic carbocycles. The number of rotatable bonds is 1. The summed E-state index contributed by atoms with van der Waals surface area (Å²) in [7, 11) is 0. The fraction of sp³-hybridized carbons (Fsp3) is 0.538. The van der Waals surface area contributed by atoms with Crippen LogP contribution in [0.25, 0.3) is 0 Å². The van der Waals surface area contributed by atoms with Crippen molar-refractivity contribution in [3.05, 3.63) is 33.7 Å². The van der Waals surface area contributed by atoms with Crippen molar-refractivity contribution in [2.24, 2.45) is 5.73 Å². The van der Waals surface area contributed by atoms with E-state index in [9.17, 15) is 9.59 Å². The Morgan fingerprint density at radius 2 is 2.22 bits per heavy atom. The SMILES string of the molecule is Cc1ccc(C(=O)N2CCC(N)CC2C)c(=O)[nH]1. The first-order valence-corrected chi connectivity index (χ1v) is 6.25. The second-order valence-corrected chi connectivity index (χ2v) is 5.02. The molecule has 1 aromatic rings. The van der Waals surface area contributed by atoms with Gasteiger partial charge in [0.15, 0.2) is 0 Å². The van der Waals surface area contributed by atoms with Gasteiger partial charge in [0, 0.05) is 24.3 Å². The van der Waals surface area contributed by atoms with Crippen LogP contribution in [0.5, 0.6) is 0 Å². The minimum absolute atomic E-state index is 0.0851. The number of aromatic amines is 1. The maximum absolute atomic E-state index is 12.3. The number of aromatic nitrogens is 1. The van der Waals surface area contributed by atoms with Gasteiger partial charge in [-0.15, -0.1) is 0 Å². The lowest BCUT2D eigenvalue weighted by atomic mass is 9.98. The normalized spacial score (nSPS) is 24.1. The summed E-state index contributed by atoms with van der Waals surface area (Å²) in [5.74, 6) is -0.198. The van der Waals surface area contributed by atoms with E-state index in [2.05, 4.69) is 4.98 Å². The van der Waals surface area contributed by atoms with Crippen LogP contribution in [0.3, 0.4) is 0 Å². The van der Waals surface area contributed by atoms with Crippen LogP contribution in [-0.2, 0) is 0 Å². The summed E-state index contributed by atoms with van der Waals surface area (Å²) in [6.45, 7) is 4.38. The van der Waals surface area contributed by atoms with Gasteiger partial charge in [0.05, 0.1) is 0 Å². The number of carbonyl (C=O) groups excluding carboxylic acids is 1. The number of nitrogens with two attached hydrogens (primary N) is 1. The lowest BCUT2D eigenvalue weighted by molar-refractivity contribution is 0.0617. The number of piperidine rings is 1. The van der Waals surface area contributed by atoms with Gasteiger partial charge in [-0.2, -0.15) is 0 Å². The highest BCUT2D eigenvalue weighted by molar-refractivity contribution is 5.94. The summed E-state index contributed by atoms with van der Waals surface area (Å²) in [5, 5.41) is 0. The number of hydrogen-bond donors (Lipinski definition) is 2. The Morgan fingerprint density at radius 3 is 2.83 bits per heavy atom. The van der Waals surface area contributed by atoms with E-state index in [0.717, 1.165) is 18.5 Å². The molecule has 2 atom stereocenters. The lowest BCUT2D eigenvalue weighted by Crippen LogP contribution is -2.49. The zero-order valence-corrected chi connectivity index (χ0v) is 10.8. The van der Waals surface area contributed by atoms with Crippen LogP contribution >= 0.6 is 0 Å². The van der Waals surface area contributed by atoms with Crippen LogP contribution in [-0.4, -0.2) is 34.4 Å². The molecule has 1 amide bonds. The molecule has 1 aliphatic heterocycles. The number of nitrogens with zero attached hydrogens (tertiary/aromatic N) is 1. The van der Waals surface area contributed by atoms with Crippen molar-refractivity contribution in [3.63, 3.8) is 0 Å². The Kier molecular flexibility index (Phi) is 3.52. The molecular formula is C13H19N3O2. The van der Waals surface area contributed by atoms with Crippen molar-refractivity contribution < 1.29 is 4.79 Å². The van der Waals surface area contributed by atoms with Crippen molar-refractivity contribution in [2.75, 3.05) is 6.54 Å². The zero-order valence-electron chi connectivity index (χ0n) is 10.8. The van der Waals surface area contributed by atoms with E-state index in [0.29, 0.717) is 6.54 Å². The first kappa shape index (κ1) is 12.8. The first-order chi connectivity index (χ1) is 8.49. The third-order valence-corrected chi connectivity index (χ3v) is 3.46. The maximum Gasteiger partial charge on any atom is 0.260 e. The van der Waals surface area contributed by atoms with Crippen LogP contribution in [0.1, 0.15) is 35.8 Å². The molecule has 0 saturated carbocycles. The highest BCUT2D eigenvalue weighted by Crippen LogP contribution is 2.17. The van der Waals surface area contributed by atoms with Crippen LogP contribution in [0.2, 0.25) is 0 Å². The molecular weight excluding hydrogens is 230 g/mol. The quantitative estimate of drug-likeness (QED) is 0.766. The molecule has 2 rings (SSSR count). The Hall–Kier alpha value is -1.62. The molecule has 18 heavy (non-hydrogen) atoms. The minimum Gasteiger partial charge on any atom is -0.336 e. The monoisotopic (exact) mass is 249 g/mol. The van der Waals surface area contributed by atoms with Gasteiger partial charge in [0.25, 0.3) is 11.5 Å². The Balaban J connectivity index is 2.23. The van der Waals surface area contributed by atoms with E-state index < -0.39 is 0 Å². The third kappa shape index (κ3) is 2.46. The molecule has 2 unspecified atom stereocenters. The summed E-state index contributed by atoms with van der Waals surface area (Å²) < 4.78 is 0. The average Bonchev–Trinajstić information content (AvgIpc) is 2.28. The summed E-state index contributed by atoms with van der Waals surface area (Å²) in [6.07, 6.45) is 1.58. The maximum atomic E-state index is 12.3. The van der Waals surface area contributed by atoms with Gasteiger partial charge in [-0.05, 0) is 38.8 Å². The molecule has 5 heteroatoms. The molecule has 1 aliphatic rings. The highest BCUT2D eigenvalue weighted by atomic mass is 16.2. The molecule has 98 valence electrons. The predicted octanol–water partition coefficient (Wildman–Crippen LogP) is 0.635. The zero-order chi connectivity index (χ0) is 13.3. The fourth-order valence-corrected chi connectivity index (χ4v) is 2.41. The van der Waals surface area contributed by atoms with Gasteiger partial charge >= 0.3 is 0 Å². The summed E-state index contributed by atoms with van der Waals surface area (Å²) in [4.78, 5) is 28.5. The van der Waals surface area contributed by atoms with Gasteiger partial charge in [0.2, 0.25) is 0 Å². The number of aryl methyl sites for hydroxylation is 1. The van der Waals surface area contributed by atoms with E-state index in [4.69, 9.17) is 5.73 Å². The van der Waals surface area contributed by atoms with Crippen molar-refractivity contribution >= 4 is 5.91 Å². The number of H-pyrrole nitrogens is 1. The molecule has 1 aromatic heterocycles. The number of nitrogens with one attached hydrogen (secondary N) is 1. The number of likely N-dealkylation sites (tertiary alicyclic amines) is 1. The first-order valence-electron chi connectivity index (χ1n) is 6.25. The van der Waals surface area contributed by atoms with Gasteiger partial charge in [-0.3, -0.25) is 9.59 Å². The van der Waals surface area contributed by atoms with Crippen LogP contribution in [0.15, 0.2) is 16.9 Å². The molecule has 3 N–H and O–H groups in total. The van der Waals surface area contributed by atoms with E-state index in [-0.39, 0.29) is 29.1 Å². The Labute approximate surface area is 106 Å². The molecule has 0 bridgehead atoms. The van der Waals surface area contributed by atoms with E-state index >= 15 is 0 Å². The fourth-order valence-electron chi connectivity index (χ4n) is 2.41. The van der Waals surface area contributed by atoms with E-state index in [1.54, 1.807) is 24.0 Å². The second-order valence-electron chi connectivity index (χ2n) is 5.02. The topological polar surface area (TPSA) is 79.2 Å². The molecule has 0 radical (unpaired) electrons. The summed E-state index contributed by atoms with van der Waals surface area (Å²) in [6, 6.07) is 3.58. The van der Waals surface area contributed by atoms with E-state index in [1.165, 1.54) is 0 Å². The average molecular weight is 249 g/mol. The number of pyridine rings is 1. The van der Waals surface area contributed by atoms with Crippen molar-refractivity contribution in [1.29, 1.82) is 0 Å². The number of hydrogen-bond acceptors (Lipinski definition) is 3. The van der Waals surface area contributed by atoms with Crippen molar-refractivity contribution in [2.45, 2.75) is 38.8 Å². The third-order valence-electron chi connectivity index (χ3n) is 3.46. The smallest absolute Gasteiger partial charge is 0.260 e. The largest absolute Gasteiger partial charge is 0.336 e. The predicted molar refractivity (Wildman–Crippen MR) is 69.5 cm³/mol. The lowest BCUT2D eigenvalue weighted by Gasteiger charge is -2.36.